The number of rotatable bonds is 4. The molecule has 1 aliphatic heterocycles. The van der Waals surface area contributed by atoms with Gasteiger partial charge in [0, 0.05) is 30.7 Å². The number of piperazine rings is 1. The van der Waals surface area contributed by atoms with Crippen LogP contribution in [0.3, 0.4) is 0 Å². The van der Waals surface area contributed by atoms with Gasteiger partial charge < -0.3 is 15.5 Å². The minimum atomic E-state index is 0.762. The van der Waals surface area contributed by atoms with Gasteiger partial charge in [0.2, 0.25) is 0 Å². The first-order valence-corrected chi connectivity index (χ1v) is 7.42. The molecule has 1 aliphatic rings. The van der Waals surface area contributed by atoms with Gasteiger partial charge in [0.05, 0.1) is 5.69 Å². The number of hydrogen-bond donors (Lipinski definition) is 1. The first-order chi connectivity index (χ1) is 8.70. The fourth-order valence-corrected chi connectivity index (χ4v) is 2.99. The van der Waals surface area contributed by atoms with E-state index in [1.165, 1.54) is 15.7 Å². The van der Waals surface area contributed by atoms with Crippen molar-refractivity contribution >= 4 is 21.6 Å². The van der Waals surface area contributed by atoms with Crippen molar-refractivity contribution in [3.8, 4) is 0 Å². The minimum Gasteiger partial charge on any atom is -0.368 e. The molecule has 18 heavy (non-hydrogen) atoms. The monoisotopic (exact) mass is 311 g/mol. The highest BCUT2D eigenvalue weighted by atomic mass is 79.9. The van der Waals surface area contributed by atoms with Crippen LogP contribution in [0.2, 0.25) is 0 Å². The first kappa shape index (κ1) is 13.8. The molecule has 1 aromatic rings. The van der Waals surface area contributed by atoms with Gasteiger partial charge in [-0.3, -0.25) is 0 Å². The third kappa shape index (κ3) is 3.46. The zero-order valence-corrected chi connectivity index (χ0v) is 12.6. The van der Waals surface area contributed by atoms with Crippen molar-refractivity contribution in [2.24, 2.45) is 5.73 Å². The molecule has 1 fully saturated rings. The van der Waals surface area contributed by atoms with Crippen LogP contribution in [0.1, 0.15) is 12.0 Å². The Morgan fingerprint density at radius 2 is 1.94 bits per heavy atom. The van der Waals surface area contributed by atoms with Gasteiger partial charge in [-0.2, -0.15) is 0 Å². The Morgan fingerprint density at radius 3 is 2.56 bits per heavy atom. The summed E-state index contributed by atoms with van der Waals surface area (Å²) in [6.45, 7) is 5.26. The molecule has 0 amide bonds. The van der Waals surface area contributed by atoms with Crippen molar-refractivity contribution in [2.75, 3.05) is 44.7 Å². The second kappa shape index (κ2) is 6.55. The third-order valence-corrected chi connectivity index (χ3v) is 4.16. The molecule has 1 saturated heterocycles. The van der Waals surface area contributed by atoms with E-state index in [0.29, 0.717) is 0 Å². The molecule has 1 aromatic carbocycles. The van der Waals surface area contributed by atoms with Crippen LogP contribution in [-0.4, -0.2) is 44.7 Å². The van der Waals surface area contributed by atoms with E-state index >= 15 is 0 Å². The maximum atomic E-state index is 5.55. The molecule has 4 heteroatoms. The average molecular weight is 312 g/mol. The molecule has 0 bridgehead atoms. The summed E-state index contributed by atoms with van der Waals surface area (Å²) in [6, 6.07) is 6.71. The van der Waals surface area contributed by atoms with Crippen molar-refractivity contribution < 1.29 is 0 Å². The third-order valence-electron chi connectivity index (χ3n) is 3.53. The van der Waals surface area contributed by atoms with Crippen LogP contribution in [0.5, 0.6) is 0 Å². The van der Waals surface area contributed by atoms with Gasteiger partial charge in [-0.15, -0.1) is 0 Å². The van der Waals surface area contributed by atoms with E-state index in [1.807, 2.05) is 0 Å². The van der Waals surface area contributed by atoms with E-state index in [9.17, 15) is 0 Å². The predicted octanol–water partition coefficient (Wildman–Crippen LogP) is 2.09. The highest BCUT2D eigenvalue weighted by molar-refractivity contribution is 9.10. The molecular formula is C14H22BrN3. The molecule has 0 aromatic heterocycles. The summed E-state index contributed by atoms with van der Waals surface area (Å²) in [5.41, 5.74) is 8.23. The number of nitrogens with two attached hydrogens (primary N) is 1. The smallest absolute Gasteiger partial charge is 0.0511 e. The number of anilines is 1. The molecule has 0 spiro atoms. The number of halogens is 1. The van der Waals surface area contributed by atoms with Gasteiger partial charge in [0.25, 0.3) is 0 Å². The van der Waals surface area contributed by atoms with Gasteiger partial charge in [-0.25, -0.2) is 0 Å². The molecule has 2 rings (SSSR count). The van der Waals surface area contributed by atoms with E-state index < -0.39 is 0 Å². The van der Waals surface area contributed by atoms with Gasteiger partial charge in [-0.1, -0.05) is 6.07 Å². The summed E-state index contributed by atoms with van der Waals surface area (Å²) >= 11 is 3.70. The zero-order chi connectivity index (χ0) is 13.0. The molecule has 2 N–H and O–H groups in total. The number of nitrogens with zero attached hydrogens (tertiary/aromatic N) is 2. The van der Waals surface area contributed by atoms with Crippen molar-refractivity contribution in [3.05, 3.63) is 28.2 Å². The lowest BCUT2D eigenvalue weighted by molar-refractivity contribution is 0.312. The van der Waals surface area contributed by atoms with Crippen LogP contribution in [-0.2, 0) is 6.42 Å². The maximum Gasteiger partial charge on any atom is 0.0511 e. The Morgan fingerprint density at radius 1 is 1.22 bits per heavy atom. The van der Waals surface area contributed by atoms with Crippen LogP contribution in [0.4, 0.5) is 5.69 Å². The molecule has 0 aliphatic carbocycles. The Kier molecular flexibility index (Phi) is 5.03. The predicted molar refractivity (Wildman–Crippen MR) is 81.2 cm³/mol. The molecular weight excluding hydrogens is 290 g/mol. The Hall–Kier alpha value is -0.580. The summed E-state index contributed by atoms with van der Waals surface area (Å²) < 4.78 is 1.21. The van der Waals surface area contributed by atoms with E-state index in [4.69, 9.17) is 5.73 Å². The van der Waals surface area contributed by atoms with Crippen LogP contribution in [0.25, 0.3) is 0 Å². The highest BCUT2D eigenvalue weighted by Crippen LogP contribution is 2.28. The molecule has 3 nitrogen and oxygen atoms in total. The lowest BCUT2D eigenvalue weighted by atomic mass is 10.1. The summed E-state index contributed by atoms with van der Waals surface area (Å²) in [6.07, 6.45) is 2.12. The largest absolute Gasteiger partial charge is 0.368 e. The number of likely N-dealkylation sites (N-methyl/N-ethyl adjacent to an activating group) is 1. The van der Waals surface area contributed by atoms with Crippen molar-refractivity contribution in [2.45, 2.75) is 12.8 Å². The Bertz CT molecular complexity index is 387. The highest BCUT2D eigenvalue weighted by Gasteiger charge is 2.16. The van der Waals surface area contributed by atoms with Crippen LogP contribution < -0.4 is 10.6 Å². The van der Waals surface area contributed by atoms with Gasteiger partial charge >= 0.3 is 0 Å². The van der Waals surface area contributed by atoms with E-state index in [0.717, 1.165) is 45.6 Å². The lowest BCUT2D eigenvalue weighted by Gasteiger charge is -2.34. The topological polar surface area (TPSA) is 32.5 Å². The lowest BCUT2D eigenvalue weighted by Crippen LogP contribution is -2.44. The molecule has 0 atom stereocenters. The Balaban J connectivity index is 2.05. The minimum absolute atomic E-state index is 0.762. The Labute approximate surface area is 118 Å². The average Bonchev–Trinajstić information content (AvgIpc) is 2.38. The quantitative estimate of drug-likeness (QED) is 0.924. The molecule has 1 heterocycles. The van der Waals surface area contributed by atoms with Crippen LogP contribution >= 0.6 is 15.9 Å². The van der Waals surface area contributed by atoms with Gasteiger partial charge in [0.1, 0.15) is 0 Å². The first-order valence-electron chi connectivity index (χ1n) is 6.62. The fraction of sp³-hybridized carbons (Fsp3) is 0.571. The fourth-order valence-electron chi connectivity index (χ4n) is 2.32. The van der Waals surface area contributed by atoms with Crippen molar-refractivity contribution in [1.82, 2.24) is 4.90 Å². The number of benzene rings is 1. The van der Waals surface area contributed by atoms with E-state index in [1.54, 1.807) is 0 Å². The van der Waals surface area contributed by atoms with Crippen molar-refractivity contribution in [3.63, 3.8) is 0 Å². The van der Waals surface area contributed by atoms with Gasteiger partial charge in [0.15, 0.2) is 0 Å². The second-order valence-corrected chi connectivity index (χ2v) is 5.82. The summed E-state index contributed by atoms with van der Waals surface area (Å²) in [5.74, 6) is 0. The SMILES string of the molecule is CN1CCN(c2ccc(CCCN)cc2Br)CC1. The molecule has 0 unspecified atom stereocenters. The number of hydrogen-bond acceptors (Lipinski definition) is 3. The molecule has 0 saturated carbocycles. The normalized spacial score (nSPS) is 17.2. The van der Waals surface area contributed by atoms with Crippen molar-refractivity contribution in [1.29, 1.82) is 0 Å². The molecule has 0 radical (unpaired) electrons. The second-order valence-electron chi connectivity index (χ2n) is 4.97. The van der Waals surface area contributed by atoms with Gasteiger partial charge in [-0.05, 0) is 60.1 Å². The maximum absolute atomic E-state index is 5.55. The molecule has 100 valence electrons. The van der Waals surface area contributed by atoms with Crippen LogP contribution in [0.15, 0.2) is 22.7 Å². The summed E-state index contributed by atoms with van der Waals surface area (Å²) in [7, 11) is 2.18. The van der Waals surface area contributed by atoms with E-state index in [-0.39, 0.29) is 0 Å². The summed E-state index contributed by atoms with van der Waals surface area (Å²) in [4.78, 5) is 4.83. The van der Waals surface area contributed by atoms with E-state index in [2.05, 4.69) is 51.0 Å². The zero-order valence-electron chi connectivity index (χ0n) is 11.0. The number of aryl methyl sites for hydroxylation is 1. The van der Waals surface area contributed by atoms with Crippen LogP contribution in [0, 0.1) is 0 Å². The summed E-state index contributed by atoms with van der Waals surface area (Å²) in [5, 5.41) is 0. The standard InChI is InChI=1S/C14H22BrN3/c1-17-7-9-18(10-8-17)14-5-4-12(3-2-6-16)11-13(14)15/h4-5,11H,2-3,6-10,16H2,1H3.